The zero-order valence-electron chi connectivity index (χ0n) is 12.9. The van der Waals surface area contributed by atoms with Gasteiger partial charge in [0.1, 0.15) is 12.4 Å². The summed E-state index contributed by atoms with van der Waals surface area (Å²) >= 11 is 0. The summed E-state index contributed by atoms with van der Waals surface area (Å²) in [5.74, 6) is -0.0237. The monoisotopic (exact) mass is 346 g/mol. The predicted octanol–water partition coefficient (Wildman–Crippen LogP) is 1.83. The Balaban J connectivity index is 2.13. The normalized spacial score (nSPS) is 11.0. The molecule has 0 aliphatic heterocycles. The van der Waals surface area contributed by atoms with E-state index in [0.29, 0.717) is 17.9 Å². The Morgan fingerprint density at radius 2 is 1.83 bits per heavy atom. The molecule has 24 heavy (non-hydrogen) atoms. The molecular weight excluding hydrogens is 328 g/mol. The molecule has 0 spiro atoms. The number of sulfonamides is 1. The van der Waals surface area contributed by atoms with E-state index in [0.717, 1.165) is 0 Å². The van der Waals surface area contributed by atoms with Gasteiger partial charge < -0.3 is 10.5 Å². The summed E-state index contributed by atoms with van der Waals surface area (Å²) in [6, 6.07) is 12.6. The highest BCUT2D eigenvalue weighted by molar-refractivity contribution is 7.89. The van der Waals surface area contributed by atoms with Crippen molar-refractivity contribution in [1.82, 2.24) is 4.72 Å². The topological polar surface area (TPSA) is 98.5 Å². The third kappa shape index (κ3) is 4.43. The van der Waals surface area contributed by atoms with Gasteiger partial charge in [0.25, 0.3) is 0 Å². The highest BCUT2D eigenvalue weighted by Crippen LogP contribution is 2.19. The molecule has 0 aliphatic rings. The van der Waals surface area contributed by atoms with Crippen molar-refractivity contribution in [2.24, 2.45) is 5.73 Å². The Morgan fingerprint density at radius 3 is 2.46 bits per heavy atom. The molecule has 6 nitrogen and oxygen atoms in total. The van der Waals surface area contributed by atoms with E-state index in [9.17, 15) is 13.2 Å². The minimum absolute atomic E-state index is 0.0528. The van der Waals surface area contributed by atoms with E-state index in [1.54, 1.807) is 30.3 Å². The minimum atomic E-state index is -3.72. The summed E-state index contributed by atoms with van der Waals surface area (Å²) in [7, 11) is -3.72. The number of hydrogen-bond acceptors (Lipinski definition) is 4. The fourth-order valence-corrected chi connectivity index (χ4v) is 3.00. The van der Waals surface area contributed by atoms with E-state index in [1.165, 1.54) is 24.3 Å². The van der Waals surface area contributed by atoms with Crippen LogP contribution in [-0.4, -0.2) is 20.9 Å². The van der Waals surface area contributed by atoms with Gasteiger partial charge in [0, 0.05) is 17.7 Å². The maximum absolute atomic E-state index is 12.3. The Hall–Kier alpha value is -2.64. The fraction of sp³-hybridized carbons (Fsp3) is 0.118. The lowest BCUT2D eigenvalue weighted by atomic mass is 10.2. The molecule has 0 unspecified atom stereocenters. The van der Waals surface area contributed by atoms with Crippen molar-refractivity contribution in [3.63, 3.8) is 0 Å². The highest BCUT2D eigenvalue weighted by atomic mass is 32.2. The van der Waals surface area contributed by atoms with Crippen LogP contribution in [-0.2, 0) is 16.6 Å². The van der Waals surface area contributed by atoms with Crippen LogP contribution in [0.5, 0.6) is 5.75 Å². The Kier molecular flexibility index (Phi) is 5.73. The molecule has 1 amide bonds. The van der Waals surface area contributed by atoms with Crippen molar-refractivity contribution in [2.75, 3.05) is 6.61 Å². The van der Waals surface area contributed by atoms with Crippen molar-refractivity contribution in [3.8, 4) is 5.75 Å². The van der Waals surface area contributed by atoms with E-state index in [2.05, 4.69) is 11.3 Å². The van der Waals surface area contributed by atoms with Crippen molar-refractivity contribution in [1.29, 1.82) is 0 Å². The van der Waals surface area contributed by atoms with E-state index < -0.39 is 15.9 Å². The third-order valence-electron chi connectivity index (χ3n) is 3.23. The second kappa shape index (κ2) is 7.76. The zero-order valence-corrected chi connectivity index (χ0v) is 13.8. The number of carbonyl (C=O) groups excluding carboxylic acids is 1. The SMILES string of the molecule is C=CCOc1ccccc1CNS(=O)(=O)c1ccc(C(N)=O)cc1. The molecule has 0 saturated heterocycles. The van der Waals surface area contributed by atoms with Gasteiger partial charge in [-0.25, -0.2) is 13.1 Å². The van der Waals surface area contributed by atoms with Gasteiger partial charge in [-0.2, -0.15) is 0 Å². The van der Waals surface area contributed by atoms with Crippen molar-refractivity contribution in [3.05, 3.63) is 72.3 Å². The fourth-order valence-electron chi connectivity index (χ4n) is 1.99. The first kappa shape index (κ1) is 17.7. The molecule has 0 bridgehead atoms. The summed E-state index contributed by atoms with van der Waals surface area (Å²) < 4.78 is 32.7. The molecule has 126 valence electrons. The Labute approximate surface area is 141 Å². The first-order chi connectivity index (χ1) is 11.4. The number of rotatable bonds is 8. The van der Waals surface area contributed by atoms with Gasteiger partial charge in [-0.1, -0.05) is 30.9 Å². The molecule has 2 rings (SSSR count). The van der Waals surface area contributed by atoms with Crippen LogP contribution >= 0.6 is 0 Å². The molecule has 0 heterocycles. The quantitative estimate of drug-likeness (QED) is 0.712. The lowest BCUT2D eigenvalue weighted by Crippen LogP contribution is -2.23. The zero-order chi connectivity index (χ0) is 17.6. The maximum Gasteiger partial charge on any atom is 0.248 e. The van der Waals surface area contributed by atoms with Gasteiger partial charge in [0.15, 0.2) is 0 Å². The highest BCUT2D eigenvalue weighted by Gasteiger charge is 2.15. The van der Waals surface area contributed by atoms with Gasteiger partial charge in [-0.3, -0.25) is 4.79 Å². The van der Waals surface area contributed by atoms with Crippen LogP contribution in [0, 0.1) is 0 Å². The number of nitrogens with two attached hydrogens (primary N) is 1. The van der Waals surface area contributed by atoms with Gasteiger partial charge >= 0.3 is 0 Å². The summed E-state index contributed by atoms with van der Waals surface area (Å²) in [4.78, 5) is 11.1. The number of amides is 1. The van der Waals surface area contributed by atoms with Crippen LogP contribution in [0.3, 0.4) is 0 Å². The first-order valence-electron chi connectivity index (χ1n) is 7.15. The van der Waals surface area contributed by atoms with Crippen LogP contribution < -0.4 is 15.2 Å². The van der Waals surface area contributed by atoms with E-state index >= 15 is 0 Å². The summed E-state index contributed by atoms with van der Waals surface area (Å²) in [6.07, 6.45) is 1.61. The largest absolute Gasteiger partial charge is 0.489 e. The van der Waals surface area contributed by atoms with Crippen LogP contribution in [0.2, 0.25) is 0 Å². The lowest BCUT2D eigenvalue weighted by Gasteiger charge is -2.11. The summed E-state index contributed by atoms with van der Waals surface area (Å²) in [5.41, 5.74) is 6.09. The minimum Gasteiger partial charge on any atom is -0.489 e. The van der Waals surface area contributed by atoms with Gasteiger partial charge in [-0.15, -0.1) is 0 Å². The number of carbonyl (C=O) groups is 1. The van der Waals surface area contributed by atoms with Gasteiger partial charge in [0.05, 0.1) is 4.90 Å². The maximum atomic E-state index is 12.3. The van der Waals surface area contributed by atoms with Crippen molar-refractivity contribution in [2.45, 2.75) is 11.4 Å². The molecule has 0 radical (unpaired) electrons. The van der Waals surface area contributed by atoms with Crippen LogP contribution in [0.25, 0.3) is 0 Å². The molecule has 0 saturated carbocycles. The second-order valence-corrected chi connectivity index (χ2v) is 6.69. The molecule has 0 aromatic heterocycles. The van der Waals surface area contributed by atoms with Gasteiger partial charge in [0.2, 0.25) is 15.9 Å². The molecule has 3 N–H and O–H groups in total. The van der Waals surface area contributed by atoms with E-state index in [1.807, 2.05) is 0 Å². The average molecular weight is 346 g/mol. The predicted molar refractivity (Wildman–Crippen MR) is 91.1 cm³/mol. The van der Waals surface area contributed by atoms with Crippen LogP contribution in [0.4, 0.5) is 0 Å². The van der Waals surface area contributed by atoms with E-state index in [4.69, 9.17) is 10.5 Å². The first-order valence-corrected chi connectivity index (χ1v) is 8.63. The number of primary amides is 1. The Bertz CT molecular complexity index is 830. The molecule has 0 atom stereocenters. The molecular formula is C17H18N2O4S. The third-order valence-corrected chi connectivity index (χ3v) is 4.65. The molecule has 2 aromatic rings. The molecule has 0 aliphatic carbocycles. The van der Waals surface area contributed by atoms with Crippen LogP contribution in [0.1, 0.15) is 15.9 Å². The number of hydrogen-bond donors (Lipinski definition) is 2. The second-order valence-electron chi connectivity index (χ2n) is 4.92. The number of para-hydroxylation sites is 1. The lowest BCUT2D eigenvalue weighted by molar-refractivity contribution is 0.1000. The average Bonchev–Trinajstić information content (AvgIpc) is 2.59. The smallest absolute Gasteiger partial charge is 0.248 e. The number of nitrogens with one attached hydrogen (secondary N) is 1. The van der Waals surface area contributed by atoms with E-state index in [-0.39, 0.29) is 17.0 Å². The number of benzene rings is 2. The molecule has 0 fully saturated rings. The Morgan fingerprint density at radius 1 is 1.17 bits per heavy atom. The summed E-state index contributed by atoms with van der Waals surface area (Å²) in [5, 5.41) is 0. The number of ether oxygens (including phenoxy) is 1. The standard InChI is InChI=1S/C17H18N2O4S/c1-2-11-23-16-6-4-3-5-14(16)12-19-24(21,22)15-9-7-13(8-10-15)17(18)20/h2-10,19H,1,11-12H2,(H2,18,20). The van der Waals surface area contributed by atoms with Crippen molar-refractivity contribution >= 4 is 15.9 Å². The summed E-state index contributed by atoms with van der Waals surface area (Å²) in [6.45, 7) is 3.99. The molecule has 2 aromatic carbocycles. The van der Waals surface area contributed by atoms with Crippen LogP contribution in [0.15, 0.2) is 66.1 Å². The van der Waals surface area contributed by atoms with Gasteiger partial charge in [-0.05, 0) is 30.3 Å². The molecule has 7 heteroatoms. The van der Waals surface area contributed by atoms with Crippen molar-refractivity contribution < 1.29 is 17.9 Å².